The summed E-state index contributed by atoms with van der Waals surface area (Å²) in [5.41, 5.74) is 5.70. The van der Waals surface area contributed by atoms with E-state index in [2.05, 4.69) is 5.32 Å². The number of urea groups is 1. The lowest BCUT2D eigenvalue weighted by Gasteiger charge is -2.21. The average molecular weight is 203 g/mol. The molecule has 3 N–H and O–H groups in total. The minimum Gasteiger partial charge on any atom is -0.383 e. The van der Waals surface area contributed by atoms with Crippen LogP contribution in [0.25, 0.3) is 0 Å². The first kappa shape index (κ1) is 13.2. The van der Waals surface area contributed by atoms with Crippen LogP contribution in [0.3, 0.4) is 0 Å². The fourth-order valence-corrected chi connectivity index (χ4v) is 1.07. The summed E-state index contributed by atoms with van der Waals surface area (Å²) >= 11 is 0. The molecule has 14 heavy (non-hydrogen) atoms. The molecule has 0 heterocycles. The van der Waals surface area contributed by atoms with Gasteiger partial charge in [-0.05, 0) is 6.42 Å². The largest absolute Gasteiger partial charge is 0.383 e. The van der Waals surface area contributed by atoms with Crippen LogP contribution < -0.4 is 11.1 Å². The van der Waals surface area contributed by atoms with Crippen LogP contribution in [0, 0.1) is 0 Å². The molecule has 0 saturated carbocycles. The molecule has 0 aromatic heterocycles. The lowest BCUT2D eigenvalue weighted by atomic mass is 10.3. The fraction of sp³-hybridized carbons (Fsp3) is 0.889. The molecule has 84 valence electrons. The van der Waals surface area contributed by atoms with Gasteiger partial charge in [-0.25, -0.2) is 4.79 Å². The van der Waals surface area contributed by atoms with E-state index in [1.54, 1.807) is 19.1 Å². The van der Waals surface area contributed by atoms with E-state index in [9.17, 15) is 4.79 Å². The highest BCUT2D eigenvalue weighted by Gasteiger charge is 2.11. The molecular formula is C9H21N3O2. The van der Waals surface area contributed by atoms with Gasteiger partial charge >= 0.3 is 6.03 Å². The molecular weight excluding hydrogens is 182 g/mol. The van der Waals surface area contributed by atoms with Crippen LogP contribution >= 0.6 is 0 Å². The average Bonchev–Trinajstić information content (AvgIpc) is 2.14. The van der Waals surface area contributed by atoms with Gasteiger partial charge in [0.25, 0.3) is 0 Å². The molecule has 0 rings (SSSR count). The maximum atomic E-state index is 11.4. The number of carbonyl (C=O) groups excluding carboxylic acids is 1. The molecule has 0 aliphatic carbocycles. The van der Waals surface area contributed by atoms with Crippen molar-refractivity contribution in [1.82, 2.24) is 10.2 Å². The quantitative estimate of drug-likeness (QED) is 0.639. The molecule has 5 nitrogen and oxygen atoms in total. The molecule has 2 amide bonds. The number of methoxy groups -OCH3 is 1. The van der Waals surface area contributed by atoms with E-state index < -0.39 is 0 Å². The first-order valence-electron chi connectivity index (χ1n) is 4.85. The van der Waals surface area contributed by atoms with Crippen LogP contribution in [0.2, 0.25) is 0 Å². The van der Waals surface area contributed by atoms with Gasteiger partial charge in [0.1, 0.15) is 0 Å². The van der Waals surface area contributed by atoms with Crippen molar-refractivity contribution in [1.29, 1.82) is 0 Å². The molecule has 5 heteroatoms. The summed E-state index contributed by atoms with van der Waals surface area (Å²) in [6, 6.07) is -0.212. The van der Waals surface area contributed by atoms with E-state index in [-0.39, 0.29) is 12.1 Å². The standard InChI is InChI=1S/C9H21N3O2/c1-4-5-11-9(13)12(2)6-8(10)7-14-3/h8H,4-7,10H2,1-3H3,(H,11,13). The molecule has 0 aromatic carbocycles. The second kappa shape index (κ2) is 7.58. The van der Waals surface area contributed by atoms with Crippen molar-refractivity contribution < 1.29 is 9.53 Å². The molecule has 0 spiro atoms. The van der Waals surface area contributed by atoms with Gasteiger partial charge in [-0.1, -0.05) is 6.92 Å². The molecule has 1 atom stereocenters. The predicted octanol–water partition coefficient (Wildman–Crippen LogP) is 0.0115. The monoisotopic (exact) mass is 203 g/mol. The predicted molar refractivity (Wildman–Crippen MR) is 56.2 cm³/mol. The number of rotatable bonds is 6. The van der Waals surface area contributed by atoms with Crippen LogP contribution in [-0.2, 0) is 4.74 Å². The zero-order chi connectivity index (χ0) is 11.0. The van der Waals surface area contributed by atoms with E-state index in [0.717, 1.165) is 6.42 Å². The van der Waals surface area contributed by atoms with Crippen LogP contribution in [0.15, 0.2) is 0 Å². The lowest BCUT2D eigenvalue weighted by molar-refractivity contribution is 0.160. The number of likely N-dealkylation sites (N-methyl/N-ethyl adjacent to an activating group) is 1. The van der Waals surface area contributed by atoms with Gasteiger partial charge in [0.2, 0.25) is 0 Å². The van der Waals surface area contributed by atoms with E-state index in [4.69, 9.17) is 10.5 Å². The number of nitrogens with one attached hydrogen (secondary N) is 1. The minimum absolute atomic E-state index is 0.0848. The topological polar surface area (TPSA) is 67.6 Å². The number of hydrogen-bond acceptors (Lipinski definition) is 3. The second-order valence-corrected chi connectivity index (χ2v) is 3.33. The Labute approximate surface area is 85.6 Å². The summed E-state index contributed by atoms with van der Waals surface area (Å²) in [5.74, 6) is 0. The van der Waals surface area contributed by atoms with Crippen molar-refractivity contribution in [2.45, 2.75) is 19.4 Å². The Balaban J connectivity index is 3.70. The zero-order valence-electron chi connectivity index (χ0n) is 9.25. The molecule has 0 radical (unpaired) electrons. The number of hydrogen-bond donors (Lipinski definition) is 2. The van der Waals surface area contributed by atoms with Crippen LogP contribution in [-0.4, -0.2) is 50.8 Å². The van der Waals surface area contributed by atoms with Crippen molar-refractivity contribution in [3.63, 3.8) is 0 Å². The molecule has 0 bridgehead atoms. The Bertz CT molecular complexity index is 164. The zero-order valence-corrected chi connectivity index (χ0v) is 9.25. The normalized spacial score (nSPS) is 12.3. The third-order valence-electron chi connectivity index (χ3n) is 1.76. The Morgan fingerprint density at radius 2 is 2.29 bits per heavy atom. The number of nitrogens with two attached hydrogens (primary N) is 1. The SMILES string of the molecule is CCCNC(=O)N(C)CC(N)COC. The summed E-state index contributed by atoms with van der Waals surface area (Å²) in [5, 5.41) is 2.77. The van der Waals surface area contributed by atoms with Gasteiger partial charge in [0, 0.05) is 33.3 Å². The Kier molecular flexibility index (Phi) is 7.14. The highest BCUT2D eigenvalue weighted by molar-refractivity contribution is 5.73. The first-order chi connectivity index (χ1) is 6.61. The number of ether oxygens (including phenoxy) is 1. The van der Waals surface area contributed by atoms with Crippen LogP contribution in [0.1, 0.15) is 13.3 Å². The first-order valence-corrected chi connectivity index (χ1v) is 4.85. The Morgan fingerprint density at radius 3 is 2.79 bits per heavy atom. The van der Waals surface area contributed by atoms with Crippen molar-refractivity contribution in [3.8, 4) is 0 Å². The molecule has 0 aliphatic heterocycles. The molecule has 0 aromatic rings. The van der Waals surface area contributed by atoms with Crippen molar-refractivity contribution >= 4 is 6.03 Å². The minimum atomic E-state index is -0.127. The maximum absolute atomic E-state index is 11.4. The van der Waals surface area contributed by atoms with Gasteiger partial charge in [0.05, 0.1) is 6.61 Å². The summed E-state index contributed by atoms with van der Waals surface area (Å²) < 4.78 is 4.88. The Hall–Kier alpha value is -0.810. The summed E-state index contributed by atoms with van der Waals surface area (Å²) in [4.78, 5) is 12.9. The highest BCUT2D eigenvalue weighted by Crippen LogP contribution is 1.89. The van der Waals surface area contributed by atoms with E-state index in [1.807, 2.05) is 6.92 Å². The number of carbonyl (C=O) groups is 1. The van der Waals surface area contributed by atoms with Crippen LogP contribution in [0.4, 0.5) is 4.79 Å². The van der Waals surface area contributed by atoms with Crippen molar-refractivity contribution in [2.24, 2.45) is 5.73 Å². The summed E-state index contributed by atoms with van der Waals surface area (Å²) in [7, 11) is 3.32. The maximum Gasteiger partial charge on any atom is 0.317 e. The molecule has 0 aliphatic rings. The second-order valence-electron chi connectivity index (χ2n) is 3.33. The van der Waals surface area contributed by atoms with E-state index in [1.165, 1.54) is 0 Å². The third-order valence-corrected chi connectivity index (χ3v) is 1.76. The third kappa shape index (κ3) is 5.77. The molecule has 1 unspecified atom stereocenters. The summed E-state index contributed by atoms with van der Waals surface area (Å²) in [6.45, 7) is 3.68. The van der Waals surface area contributed by atoms with Crippen LogP contribution in [0.5, 0.6) is 0 Å². The van der Waals surface area contributed by atoms with E-state index >= 15 is 0 Å². The highest BCUT2D eigenvalue weighted by atomic mass is 16.5. The van der Waals surface area contributed by atoms with Crippen molar-refractivity contribution in [2.75, 3.05) is 33.9 Å². The lowest BCUT2D eigenvalue weighted by Crippen LogP contribution is -2.45. The van der Waals surface area contributed by atoms with E-state index in [0.29, 0.717) is 19.7 Å². The van der Waals surface area contributed by atoms with Gasteiger partial charge in [-0.2, -0.15) is 0 Å². The van der Waals surface area contributed by atoms with Gasteiger partial charge < -0.3 is 20.7 Å². The number of nitrogens with zero attached hydrogens (tertiary/aromatic N) is 1. The molecule has 0 saturated heterocycles. The smallest absolute Gasteiger partial charge is 0.317 e. The fourth-order valence-electron chi connectivity index (χ4n) is 1.07. The van der Waals surface area contributed by atoms with Crippen molar-refractivity contribution in [3.05, 3.63) is 0 Å². The van der Waals surface area contributed by atoms with Gasteiger partial charge in [-0.15, -0.1) is 0 Å². The number of amides is 2. The molecule has 0 fully saturated rings. The van der Waals surface area contributed by atoms with Gasteiger partial charge in [-0.3, -0.25) is 0 Å². The summed E-state index contributed by atoms with van der Waals surface area (Å²) in [6.07, 6.45) is 0.934. The van der Waals surface area contributed by atoms with Gasteiger partial charge in [0.15, 0.2) is 0 Å². The Morgan fingerprint density at radius 1 is 1.64 bits per heavy atom.